The van der Waals surface area contributed by atoms with Gasteiger partial charge in [-0.25, -0.2) is 4.98 Å². The number of aromatic nitrogens is 1. The molecule has 132 valence electrons. The molecule has 0 N–H and O–H groups in total. The number of ether oxygens (including phenoxy) is 2. The number of anilines is 1. The van der Waals surface area contributed by atoms with Gasteiger partial charge in [0.15, 0.2) is 0 Å². The Bertz CT molecular complexity index is 538. The van der Waals surface area contributed by atoms with Crippen LogP contribution in [0.1, 0.15) is 25.7 Å². The molecule has 0 aliphatic carbocycles. The molecule has 2 saturated heterocycles. The summed E-state index contributed by atoms with van der Waals surface area (Å²) in [5.74, 6) is 2.68. The maximum atomic E-state index is 12.4. The van der Waals surface area contributed by atoms with E-state index in [2.05, 4.69) is 9.88 Å². The van der Waals surface area contributed by atoms with Crippen molar-refractivity contribution in [2.24, 2.45) is 5.92 Å². The summed E-state index contributed by atoms with van der Waals surface area (Å²) in [6.07, 6.45) is 5.63. The highest BCUT2D eigenvalue weighted by Gasteiger charge is 2.23. The second-order valence-corrected chi connectivity index (χ2v) is 6.52. The molecule has 1 amide bonds. The number of methoxy groups -OCH3 is 1. The highest BCUT2D eigenvalue weighted by Crippen LogP contribution is 2.22. The molecule has 6 heteroatoms. The Morgan fingerprint density at radius 2 is 2.04 bits per heavy atom. The van der Waals surface area contributed by atoms with E-state index in [4.69, 9.17) is 9.47 Å². The first-order valence-corrected chi connectivity index (χ1v) is 8.87. The first-order valence-electron chi connectivity index (χ1n) is 8.87. The van der Waals surface area contributed by atoms with E-state index in [1.165, 1.54) is 0 Å². The van der Waals surface area contributed by atoms with Crippen LogP contribution in [-0.4, -0.2) is 62.3 Å². The molecule has 0 bridgehead atoms. The molecular weight excluding hydrogens is 306 g/mol. The average Bonchev–Trinajstić information content (AvgIpc) is 2.67. The van der Waals surface area contributed by atoms with Gasteiger partial charge < -0.3 is 19.3 Å². The van der Waals surface area contributed by atoms with Crippen molar-refractivity contribution in [2.45, 2.75) is 25.7 Å². The van der Waals surface area contributed by atoms with Crippen LogP contribution >= 0.6 is 0 Å². The molecule has 2 aliphatic rings. The summed E-state index contributed by atoms with van der Waals surface area (Å²) < 4.78 is 10.6. The fourth-order valence-corrected chi connectivity index (χ4v) is 3.41. The minimum absolute atomic E-state index is 0.291. The molecule has 2 fully saturated rings. The van der Waals surface area contributed by atoms with Gasteiger partial charge in [0.2, 0.25) is 5.91 Å². The van der Waals surface area contributed by atoms with Crippen molar-refractivity contribution in [3.63, 3.8) is 0 Å². The van der Waals surface area contributed by atoms with E-state index in [1.807, 2.05) is 17.0 Å². The molecule has 0 aromatic carbocycles. The van der Waals surface area contributed by atoms with Crippen LogP contribution in [-0.2, 0) is 9.53 Å². The van der Waals surface area contributed by atoms with Gasteiger partial charge in [-0.05, 0) is 31.2 Å². The van der Waals surface area contributed by atoms with Crippen molar-refractivity contribution in [3.05, 3.63) is 18.3 Å². The molecule has 2 aliphatic heterocycles. The number of hydrogen-bond acceptors (Lipinski definition) is 5. The molecule has 1 aromatic heterocycles. The summed E-state index contributed by atoms with van der Waals surface area (Å²) >= 11 is 0. The van der Waals surface area contributed by atoms with Gasteiger partial charge in [0, 0.05) is 58.1 Å². The maximum Gasteiger partial charge on any atom is 0.222 e. The monoisotopic (exact) mass is 333 g/mol. The Hall–Kier alpha value is -1.82. The van der Waals surface area contributed by atoms with Gasteiger partial charge in [-0.2, -0.15) is 0 Å². The lowest BCUT2D eigenvalue weighted by Gasteiger charge is -2.35. The Labute approximate surface area is 143 Å². The Morgan fingerprint density at radius 1 is 1.29 bits per heavy atom. The Balaban J connectivity index is 1.44. The number of rotatable bonds is 5. The van der Waals surface area contributed by atoms with Crippen molar-refractivity contribution >= 4 is 11.7 Å². The van der Waals surface area contributed by atoms with Gasteiger partial charge in [-0.3, -0.25) is 4.79 Å². The molecule has 1 aromatic rings. The lowest BCUT2D eigenvalue weighted by Crippen LogP contribution is -2.49. The number of amides is 1. The van der Waals surface area contributed by atoms with Crippen molar-refractivity contribution in [1.82, 2.24) is 9.88 Å². The third kappa shape index (κ3) is 4.38. The lowest BCUT2D eigenvalue weighted by atomic mass is 9.94. The normalized spacial score (nSPS) is 19.4. The fraction of sp³-hybridized carbons (Fsp3) is 0.667. The molecule has 3 rings (SSSR count). The van der Waals surface area contributed by atoms with Crippen LogP contribution in [0.2, 0.25) is 0 Å². The van der Waals surface area contributed by atoms with Crippen LogP contribution in [0.25, 0.3) is 0 Å². The molecule has 0 unspecified atom stereocenters. The quantitative estimate of drug-likeness (QED) is 0.824. The molecule has 3 heterocycles. The molecule has 0 spiro atoms. The van der Waals surface area contributed by atoms with Gasteiger partial charge in [-0.15, -0.1) is 0 Å². The number of hydrogen-bond donors (Lipinski definition) is 0. The van der Waals surface area contributed by atoms with E-state index in [1.54, 1.807) is 13.3 Å². The smallest absolute Gasteiger partial charge is 0.222 e. The van der Waals surface area contributed by atoms with Gasteiger partial charge in [-0.1, -0.05) is 0 Å². The summed E-state index contributed by atoms with van der Waals surface area (Å²) in [7, 11) is 1.66. The van der Waals surface area contributed by atoms with Crippen molar-refractivity contribution in [3.8, 4) is 5.75 Å². The minimum atomic E-state index is 0.291. The zero-order valence-electron chi connectivity index (χ0n) is 14.4. The van der Waals surface area contributed by atoms with Crippen LogP contribution in [0.5, 0.6) is 5.75 Å². The zero-order valence-corrected chi connectivity index (χ0v) is 14.4. The SMILES string of the molecule is COc1ccnc(N2CCN(C(=O)CCC3CCOCC3)CC2)c1. The van der Waals surface area contributed by atoms with E-state index in [-0.39, 0.29) is 0 Å². The molecule has 0 radical (unpaired) electrons. The van der Waals surface area contributed by atoms with Gasteiger partial charge in [0.05, 0.1) is 7.11 Å². The predicted molar refractivity (Wildman–Crippen MR) is 92.4 cm³/mol. The largest absolute Gasteiger partial charge is 0.497 e. The topological polar surface area (TPSA) is 54.9 Å². The molecule has 24 heavy (non-hydrogen) atoms. The number of nitrogens with zero attached hydrogens (tertiary/aromatic N) is 3. The first-order chi connectivity index (χ1) is 11.8. The lowest BCUT2D eigenvalue weighted by molar-refractivity contribution is -0.132. The third-order valence-electron chi connectivity index (χ3n) is 5.02. The summed E-state index contributed by atoms with van der Waals surface area (Å²) in [4.78, 5) is 21.0. The van der Waals surface area contributed by atoms with E-state index in [9.17, 15) is 4.79 Å². The molecule has 0 saturated carbocycles. The molecular formula is C18H27N3O3. The summed E-state index contributed by atoms with van der Waals surface area (Å²) in [5, 5.41) is 0. The average molecular weight is 333 g/mol. The zero-order chi connectivity index (χ0) is 16.8. The van der Waals surface area contributed by atoms with Crippen LogP contribution in [0, 0.1) is 5.92 Å². The Kier molecular flexibility index (Phi) is 5.91. The maximum absolute atomic E-state index is 12.4. The molecule has 6 nitrogen and oxygen atoms in total. The van der Waals surface area contributed by atoms with E-state index < -0.39 is 0 Å². The van der Waals surface area contributed by atoms with Gasteiger partial charge >= 0.3 is 0 Å². The number of carbonyl (C=O) groups excluding carboxylic acids is 1. The van der Waals surface area contributed by atoms with E-state index >= 15 is 0 Å². The van der Waals surface area contributed by atoms with Crippen molar-refractivity contribution in [2.75, 3.05) is 51.4 Å². The van der Waals surface area contributed by atoms with Crippen molar-refractivity contribution in [1.29, 1.82) is 0 Å². The second kappa shape index (κ2) is 8.33. The van der Waals surface area contributed by atoms with E-state index in [0.717, 1.165) is 70.2 Å². The van der Waals surface area contributed by atoms with Crippen LogP contribution in [0.3, 0.4) is 0 Å². The third-order valence-corrected chi connectivity index (χ3v) is 5.02. The minimum Gasteiger partial charge on any atom is -0.497 e. The van der Waals surface area contributed by atoms with Gasteiger partial charge in [0.1, 0.15) is 11.6 Å². The first kappa shape index (κ1) is 17.0. The van der Waals surface area contributed by atoms with E-state index in [0.29, 0.717) is 18.2 Å². The highest BCUT2D eigenvalue weighted by molar-refractivity contribution is 5.76. The predicted octanol–water partition coefficient (Wildman–Crippen LogP) is 1.95. The summed E-state index contributed by atoms with van der Waals surface area (Å²) in [5.41, 5.74) is 0. The summed E-state index contributed by atoms with van der Waals surface area (Å²) in [6, 6.07) is 3.79. The number of carbonyl (C=O) groups is 1. The number of piperazine rings is 1. The van der Waals surface area contributed by atoms with Crippen molar-refractivity contribution < 1.29 is 14.3 Å². The summed E-state index contributed by atoms with van der Waals surface area (Å²) in [6.45, 7) is 4.89. The van der Waals surface area contributed by atoms with Crippen LogP contribution in [0.15, 0.2) is 18.3 Å². The van der Waals surface area contributed by atoms with Crippen LogP contribution < -0.4 is 9.64 Å². The highest BCUT2D eigenvalue weighted by atomic mass is 16.5. The molecule has 0 atom stereocenters. The Morgan fingerprint density at radius 3 is 2.75 bits per heavy atom. The van der Waals surface area contributed by atoms with Crippen LogP contribution in [0.4, 0.5) is 5.82 Å². The number of pyridine rings is 1. The standard InChI is InChI=1S/C18H27N3O3/c1-23-16-4-7-19-17(14-16)20-8-10-21(11-9-20)18(22)3-2-15-5-12-24-13-6-15/h4,7,14-15H,2-3,5-6,8-13H2,1H3. The second-order valence-electron chi connectivity index (χ2n) is 6.52. The van der Waals surface area contributed by atoms with Gasteiger partial charge in [0.25, 0.3) is 0 Å². The fourth-order valence-electron chi connectivity index (χ4n) is 3.41.